The van der Waals surface area contributed by atoms with E-state index in [9.17, 15) is 9.18 Å². The van der Waals surface area contributed by atoms with Crippen molar-refractivity contribution in [2.24, 2.45) is 11.3 Å². The van der Waals surface area contributed by atoms with E-state index < -0.39 is 5.97 Å². The van der Waals surface area contributed by atoms with Gasteiger partial charge in [-0.05, 0) is 76.8 Å². The van der Waals surface area contributed by atoms with E-state index in [1.165, 1.54) is 18.9 Å². The van der Waals surface area contributed by atoms with Gasteiger partial charge < -0.3 is 14.6 Å². The molecule has 0 aliphatic heterocycles. The Morgan fingerprint density at radius 2 is 1.79 bits per heavy atom. The maximum Gasteiger partial charge on any atom is 0.303 e. The summed E-state index contributed by atoms with van der Waals surface area (Å²) in [6.45, 7) is 10.8. The molecule has 5 heteroatoms. The number of halogens is 1. The normalized spacial score (nSPS) is 12.8. The number of allylic oxidation sites excluding steroid dienone is 1. The molecule has 1 fully saturated rings. The summed E-state index contributed by atoms with van der Waals surface area (Å²) >= 11 is 0. The van der Waals surface area contributed by atoms with Gasteiger partial charge in [-0.25, -0.2) is 4.39 Å². The van der Waals surface area contributed by atoms with E-state index >= 15 is 0 Å². The first-order valence-corrected chi connectivity index (χ1v) is 13.1. The van der Waals surface area contributed by atoms with Gasteiger partial charge in [-0.15, -0.1) is 6.58 Å². The molecule has 0 amide bonds. The Labute approximate surface area is 226 Å². The summed E-state index contributed by atoms with van der Waals surface area (Å²) in [7, 11) is 1.57. The highest BCUT2D eigenvalue weighted by atomic mass is 19.1. The minimum Gasteiger partial charge on any atom is -0.497 e. The van der Waals surface area contributed by atoms with Gasteiger partial charge in [0, 0.05) is 12.0 Å². The van der Waals surface area contributed by atoms with Gasteiger partial charge >= 0.3 is 5.97 Å². The van der Waals surface area contributed by atoms with Gasteiger partial charge in [0.05, 0.1) is 7.11 Å². The van der Waals surface area contributed by atoms with Crippen molar-refractivity contribution in [2.45, 2.75) is 59.5 Å². The molecule has 0 aromatic heterocycles. The second-order valence-electron chi connectivity index (χ2n) is 10.7. The van der Waals surface area contributed by atoms with Gasteiger partial charge in [-0.2, -0.15) is 0 Å². The van der Waals surface area contributed by atoms with Crippen molar-refractivity contribution in [3.05, 3.63) is 95.8 Å². The third-order valence-corrected chi connectivity index (χ3v) is 6.63. The summed E-state index contributed by atoms with van der Waals surface area (Å²) in [4.78, 5) is 10.8. The molecule has 4 rings (SSSR count). The zero-order valence-corrected chi connectivity index (χ0v) is 22.9. The first-order valence-electron chi connectivity index (χ1n) is 13.1. The Morgan fingerprint density at radius 3 is 2.42 bits per heavy atom. The molecule has 1 aliphatic rings. The predicted octanol–water partition coefficient (Wildman–Crippen LogP) is 8.27. The van der Waals surface area contributed by atoms with Crippen LogP contribution in [-0.2, 0) is 24.2 Å². The summed E-state index contributed by atoms with van der Waals surface area (Å²) < 4.78 is 26.1. The number of methoxy groups -OCH3 is 1. The van der Waals surface area contributed by atoms with Gasteiger partial charge in [0.15, 0.2) is 0 Å². The maximum atomic E-state index is 14.8. The lowest BCUT2D eigenvalue weighted by Crippen LogP contribution is -2.12. The van der Waals surface area contributed by atoms with Crippen molar-refractivity contribution >= 4 is 5.97 Å². The summed E-state index contributed by atoms with van der Waals surface area (Å²) in [5.74, 6) is 1.23. The number of aliphatic carboxylic acids is 1. The molecule has 0 saturated heterocycles. The minimum atomic E-state index is -0.825. The second-order valence-corrected chi connectivity index (χ2v) is 10.7. The van der Waals surface area contributed by atoms with Crippen molar-refractivity contribution in [2.75, 3.05) is 7.11 Å². The van der Waals surface area contributed by atoms with Crippen LogP contribution >= 0.6 is 0 Å². The first kappa shape index (κ1) is 29.0. The first-order chi connectivity index (χ1) is 18.1. The van der Waals surface area contributed by atoms with Crippen LogP contribution < -0.4 is 9.47 Å². The number of aryl methyl sites for hydroxylation is 1. The van der Waals surface area contributed by atoms with Gasteiger partial charge in [0.25, 0.3) is 0 Å². The van der Waals surface area contributed by atoms with Crippen LogP contribution in [0, 0.1) is 17.2 Å². The topological polar surface area (TPSA) is 55.8 Å². The van der Waals surface area contributed by atoms with Gasteiger partial charge in [-0.1, -0.05) is 70.0 Å². The molecule has 0 radical (unpaired) electrons. The van der Waals surface area contributed by atoms with E-state index in [1.54, 1.807) is 19.2 Å². The Balaban J connectivity index is 0.000000912. The monoisotopic (exact) mass is 518 g/mol. The molecule has 0 bridgehead atoms. The maximum absolute atomic E-state index is 14.8. The van der Waals surface area contributed by atoms with Gasteiger partial charge in [-0.3, -0.25) is 4.79 Å². The molecule has 1 N–H and O–H groups in total. The van der Waals surface area contributed by atoms with Gasteiger partial charge in [0.1, 0.15) is 23.9 Å². The molecule has 0 spiro atoms. The Kier molecular flexibility index (Phi) is 10.1. The lowest BCUT2D eigenvalue weighted by Gasteiger charge is -2.23. The third-order valence-electron chi connectivity index (χ3n) is 6.63. The smallest absolute Gasteiger partial charge is 0.303 e. The van der Waals surface area contributed by atoms with E-state index in [2.05, 4.69) is 27.4 Å². The van der Waals surface area contributed by atoms with Crippen molar-refractivity contribution in [3.8, 4) is 22.6 Å². The van der Waals surface area contributed by atoms with Crippen LogP contribution in [0.25, 0.3) is 11.1 Å². The zero-order chi connectivity index (χ0) is 27.7. The highest BCUT2D eigenvalue weighted by Crippen LogP contribution is 2.34. The molecule has 3 aromatic carbocycles. The standard InChI is InChI=1S/C29H31FO4.C4H8/c1-5-29(2,3)18-22-15-21(9-12-25(22)26-17-23(33-4)11-13-27(26)30)19-34-24-8-6-7-20(16-24)10-14-28(31)32;1-4-2-3-4/h5-9,11-13,15-17H,1,10,14,18-19H2,2-4H3,(H,31,32);4H,2-3H2,1H3. The average molecular weight is 519 g/mol. The fourth-order valence-corrected chi connectivity index (χ4v) is 3.92. The number of rotatable bonds is 11. The largest absolute Gasteiger partial charge is 0.497 e. The van der Waals surface area contributed by atoms with Gasteiger partial charge in [0.2, 0.25) is 0 Å². The fraction of sp³-hybridized carbons (Fsp3) is 0.364. The second kappa shape index (κ2) is 13.3. The van der Waals surface area contributed by atoms with Crippen molar-refractivity contribution in [1.29, 1.82) is 0 Å². The summed E-state index contributed by atoms with van der Waals surface area (Å²) in [5.41, 5.74) is 3.99. The molecule has 1 saturated carbocycles. The van der Waals surface area contributed by atoms with E-state index in [0.717, 1.165) is 28.2 Å². The molecular weight excluding hydrogens is 479 g/mol. The molecule has 38 heavy (non-hydrogen) atoms. The summed E-state index contributed by atoms with van der Waals surface area (Å²) in [6, 6.07) is 18.1. The lowest BCUT2D eigenvalue weighted by atomic mass is 9.82. The van der Waals surface area contributed by atoms with E-state index in [0.29, 0.717) is 36.5 Å². The number of benzene rings is 3. The van der Waals surface area contributed by atoms with Crippen LogP contribution in [0.1, 0.15) is 56.7 Å². The number of carboxylic acids is 1. The Bertz CT molecular complexity index is 1240. The number of ether oxygens (including phenoxy) is 2. The Morgan fingerprint density at radius 1 is 1.05 bits per heavy atom. The lowest BCUT2D eigenvalue weighted by molar-refractivity contribution is -0.136. The summed E-state index contributed by atoms with van der Waals surface area (Å²) in [6.07, 6.45) is 6.09. The molecule has 0 atom stereocenters. The van der Waals surface area contributed by atoms with Crippen LogP contribution in [0.4, 0.5) is 4.39 Å². The number of hydrogen-bond donors (Lipinski definition) is 1. The minimum absolute atomic E-state index is 0.0776. The molecule has 4 nitrogen and oxygen atoms in total. The van der Waals surface area contributed by atoms with Crippen LogP contribution in [0.15, 0.2) is 73.3 Å². The van der Waals surface area contributed by atoms with Crippen LogP contribution in [0.2, 0.25) is 0 Å². The molecule has 0 heterocycles. The highest BCUT2D eigenvalue weighted by molar-refractivity contribution is 5.70. The molecule has 3 aromatic rings. The van der Waals surface area contributed by atoms with Crippen LogP contribution in [0.5, 0.6) is 11.5 Å². The highest BCUT2D eigenvalue weighted by Gasteiger charge is 2.19. The number of carboxylic acid groups (broad SMARTS) is 1. The predicted molar refractivity (Wildman–Crippen MR) is 151 cm³/mol. The van der Waals surface area contributed by atoms with Crippen molar-refractivity contribution in [1.82, 2.24) is 0 Å². The van der Waals surface area contributed by atoms with E-state index in [-0.39, 0.29) is 17.7 Å². The SMILES string of the molecule is C=CC(C)(C)Cc1cc(COc2cccc(CCC(=O)O)c2)ccc1-c1cc(OC)ccc1F.CC1CC1. The number of hydrogen-bond acceptors (Lipinski definition) is 3. The Hall–Kier alpha value is -3.60. The van der Waals surface area contributed by atoms with Crippen molar-refractivity contribution in [3.63, 3.8) is 0 Å². The van der Waals surface area contributed by atoms with E-state index in [4.69, 9.17) is 14.6 Å². The van der Waals surface area contributed by atoms with E-state index in [1.807, 2.05) is 48.5 Å². The average Bonchev–Trinajstić information content (AvgIpc) is 3.69. The molecule has 0 unspecified atom stereocenters. The quantitative estimate of drug-likeness (QED) is 0.260. The van der Waals surface area contributed by atoms with Crippen LogP contribution in [0.3, 0.4) is 0 Å². The molecule has 1 aliphatic carbocycles. The van der Waals surface area contributed by atoms with Crippen LogP contribution in [-0.4, -0.2) is 18.2 Å². The molecular formula is C33H39FO4. The number of carbonyl (C=O) groups is 1. The fourth-order valence-electron chi connectivity index (χ4n) is 3.92. The van der Waals surface area contributed by atoms with Crippen molar-refractivity contribution < 1.29 is 23.8 Å². The summed E-state index contributed by atoms with van der Waals surface area (Å²) in [5, 5.41) is 8.90. The third kappa shape index (κ3) is 9.05. The zero-order valence-electron chi connectivity index (χ0n) is 22.9. The molecule has 202 valence electrons.